The van der Waals surface area contributed by atoms with E-state index in [0.29, 0.717) is 16.4 Å². The SMILES string of the molecule is Cc1csc(N(C(=O)/C=C/c2ccccc2[N+](=O)[O-])c2ccccc2)n1. The van der Waals surface area contributed by atoms with E-state index in [2.05, 4.69) is 4.98 Å². The van der Waals surface area contributed by atoms with Gasteiger partial charge in [-0.25, -0.2) is 4.98 Å². The second-order valence-electron chi connectivity index (χ2n) is 5.43. The average Bonchev–Trinajstić information content (AvgIpc) is 3.07. The monoisotopic (exact) mass is 365 g/mol. The van der Waals surface area contributed by atoms with E-state index in [9.17, 15) is 14.9 Å². The molecule has 3 aromatic rings. The topological polar surface area (TPSA) is 76.3 Å². The number of aromatic nitrogens is 1. The van der Waals surface area contributed by atoms with Crippen molar-refractivity contribution >= 4 is 39.8 Å². The molecule has 0 aliphatic carbocycles. The molecule has 0 N–H and O–H groups in total. The number of nitrogens with zero attached hydrogens (tertiary/aromatic N) is 3. The molecule has 0 aliphatic heterocycles. The van der Waals surface area contributed by atoms with Crippen LogP contribution in [0.5, 0.6) is 0 Å². The summed E-state index contributed by atoms with van der Waals surface area (Å²) in [7, 11) is 0. The zero-order valence-corrected chi connectivity index (χ0v) is 14.7. The molecule has 6 nitrogen and oxygen atoms in total. The molecular formula is C19H15N3O3S. The Morgan fingerprint density at radius 1 is 1.15 bits per heavy atom. The van der Waals surface area contributed by atoms with Crippen LogP contribution in [0.2, 0.25) is 0 Å². The molecule has 0 spiro atoms. The third-order valence-electron chi connectivity index (χ3n) is 3.57. The van der Waals surface area contributed by atoms with E-state index in [1.54, 1.807) is 18.2 Å². The van der Waals surface area contributed by atoms with Crippen LogP contribution in [0.1, 0.15) is 11.3 Å². The smallest absolute Gasteiger partial charge is 0.269 e. The van der Waals surface area contributed by atoms with Crippen LogP contribution in [-0.4, -0.2) is 15.8 Å². The van der Waals surface area contributed by atoms with Crippen LogP contribution in [0.15, 0.2) is 66.1 Å². The van der Waals surface area contributed by atoms with Crippen molar-refractivity contribution in [3.8, 4) is 0 Å². The Balaban J connectivity index is 1.95. The van der Waals surface area contributed by atoms with Gasteiger partial charge in [0.1, 0.15) is 0 Å². The van der Waals surface area contributed by atoms with Gasteiger partial charge in [-0.05, 0) is 31.2 Å². The van der Waals surface area contributed by atoms with Crippen molar-refractivity contribution < 1.29 is 9.72 Å². The molecule has 7 heteroatoms. The highest BCUT2D eigenvalue weighted by Gasteiger charge is 2.19. The molecule has 26 heavy (non-hydrogen) atoms. The number of carbonyl (C=O) groups excluding carboxylic acids is 1. The van der Waals surface area contributed by atoms with E-state index in [-0.39, 0.29) is 11.6 Å². The van der Waals surface area contributed by atoms with Gasteiger partial charge in [-0.2, -0.15) is 0 Å². The van der Waals surface area contributed by atoms with Crippen molar-refractivity contribution in [2.75, 3.05) is 4.90 Å². The summed E-state index contributed by atoms with van der Waals surface area (Å²) < 4.78 is 0. The lowest BCUT2D eigenvalue weighted by molar-refractivity contribution is -0.385. The number of nitro benzene ring substituents is 1. The fourth-order valence-corrected chi connectivity index (χ4v) is 3.21. The summed E-state index contributed by atoms with van der Waals surface area (Å²) in [5.74, 6) is -0.330. The van der Waals surface area contributed by atoms with E-state index >= 15 is 0 Å². The first-order valence-electron chi connectivity index (χ1n) is 7.79. The van der Waals surface area contributed by atoms with Crippen molar-refractivity contribution in [1.82, 2.24) is 4.98 Å². The van der Waals surface area contributed by atoms with E-state index in [1.807, 2.05) is 42.6 Å². The van der Waals surface area contributed by atoms with Gasteiger partial charge in [-0.3, -0.25) is 19.8 Å². The molecule has 0 aliphatic rings. The number of carbonyl (C=O) groups is 1. The predicted molar refractivity (Wildman–Crippen MR) is 103 cm³/mol. The number of para-hydroxylation sites is 2. The van der Waals surface area contributed by atoms with E-state index in [1.165, 1.54) is 34.5 Å². The number of thiazole rings is 1. The quantitative estimate of drug-likeness (QED) is 0.372. The lowest BCUT2D eigenvalue weighted by Crippen LogP contribution is -2.23. The minimum Gasteiger partial charge on any atom is -0.269 e. The molecule has 0 atom stereocenters. The van der Waals surface area contributed by atoms with Crippen molar-refractivity contribution in [3.63, 3.8) is 0 Å². The first-order chi connectivity index (χ1) is 12.6. The Hall–Kier alpha value is -3.32. The molecule has 2 aromatic carbocycles. The van der Waals surface area contributed by atoms with Crippen LogP contribution in [0, 0.1) is 17.0 Å². The van der Waals surface area contributed by atoms with Crippen LogP contribution >= 0.6 is 11.3 Å². The summed E-state index contributed by atoms with van der Waals surface area (Å²) in [6.07, 6.45) is 2.78. The van der Waals surface area contributed by atoms with Gasteiger partial charge in [0.05, 0.1) is 21.9 Å². The number of rotatable bonds is 5. The minimum atomic E-state index is -0.469. The first-order valence-corrected chi connectivity index (χ1v) is 8.67. The summed E-state index contributed by atoms with van der Waals surface area (Å²) in [6.45, 7) is 1.86. The molecule has 1 aromatic heterocycles. The highest BCUT2D eigenvalue weighted by molar-refractivity contribution is 7.14. The van der Waals surface area contributed by atoms with Gasteiger partial charge in [0.25, 0.3) is 11.6 Å². The Labute approximate surface area is 154 Å². The van der Waals surface area contributed by atoms with Gasteiger partial charge in [0.15, 0.2) is 5.13 Å². The number of hydrogen-bond acceptors (Lipinski definition) is 5. The summed E-state index contributed by atoms with van der Waals surface area (Å²) in [4.78, 5) is 29.4. The Morgan fingerprint density at radius 3 is 2.50 bits per heavy atom. The maximum atomic E-state index is 12.8. The molecule has 0 radical (unpaired) electrons. The van der Waals surface area contributed by atoms with Crippen LogP contribution in [0.4, 0.5) is 16.5 Å². The molecular weight excluding hydrogens is 350 g/mol. The molecule has 0 saturated heterocycles. The fourth-order valence-electron chi connectivity index (χ4n) is 2.38. The zero-order valence-electron chi connectivity index (χ0n) is 13.9. The maximum Gasteiger partial charge on any atom is 0.276 e. The van der Waals surface area contributed by atoms with Gasteiger partial charge >= 0.3 is 0 Å². The number of nitro groups is 1. The lowest BCUT2D eigenvalue weighted by Gasteiger charge is -2.18. The van der Waals surface area contributed by atoms with Crippen molar-refractivity contribution in [2.45, 2.75) is 6.92 Å². The van der Waals surface area contributed by atoms with E-state index in [0.717, 1.165) is 5.69 Å². The van der Waals surface area contributed by atoms with Gasteiger partial charge in [-0.15, -0.1) is 11.3 Å². The van der Waals surface area contributed by atoms with E-state index < -0.39 is 4.92 Å². The van der Waals surface area contributed by atoms with Gasteiger partial charge < -0.3 is 0 Å². The molecule has 0 unspecified atom stereocenters. The van der Waals surface area contributed by atoms with Crippen LogP contribution in [0.25, 0.3) is 6.08 Å². The maximum absolute atomic E-state index is 12.8. The standard InChI is InChI=1S/C19H15N3O3S/c1-14-13-26-19(20-14)21(16-8-3-2-4-9-16)18(23)12-11-15-7-5-6-10-17(15)22(24)25/h2-13H,1H3/b12-11+. The van der Waals surface area contributed by atoms with Gasteiger partial charge in [0.2, 0.25) is 0 Å². The number of benzene rings is 2. The summed E-state index contributed by atoms with van der Waals surface area (Å²) in [5.41, 5.74) is 1.82. The van der Waals surface area contributed by atoms with E-state index in [4.69, 9.17) is 0 Å². The molecule has 0 bridgehead atoms. The highest BCUT2D eigenvalue weighted by Crippen LogP contribution is 2.29. The molecule has 0 saturated carbocycles. The molecule has 130 valence electrons. The highest BCUT2D eigenvalue weighted by atomic mass is 32.1. The van der Waals surface area contributed by atoms with Crippen LogP contribution < -0.4 is 4.90 Å². The van der Waals surface area contributed by atoms with Gasteiger partial charge in [-0.1, -0.05) is 30.3 Å². The van der Waals surface area contributed by atoms with Gasteiger partial charge in [0, 0.05) is 17.5 Å². The van der Waals surface area contributed by atoms with Crippen LogP contribution in [-0.2, 0) is 4.79 Å². The Kier molecular flexibility index (Phi) is 5.19. The Morgan fingerprint density at radius 2 is 1.85 bits per heavy atom. The van der Waals surface area contributed by atoms with Crippen LogP contribution in [0.3, 0.4) is 0 Å². The molecule has 1 amide bonds. The number of anilines is 2. The lowest BCUT2D eigenvalue weighted by atomic mass is 10.1. The summed E-state index contributed by atoms with van der Waals surface area (Å²) >= 11 is 1.36. The first kappa shape index (κ1) is 17.5. The minimum absolute atomic E-state index is 0.0482. The molecule has 0 fully saturated rings. The normalized spacial score (nSPS) is 10.8. The third kappa shape index (κ3) is 3.84. The van der Waals surface area contributed by atoms with Crippen molar-refractivity contribution in [3.05, 3.63) is 87.4 Å². The Bertz CT molecular complexity index is 967. The number of amides is 1. The molecule has 3 rings (SSSR count). The largest absolute Gasteiger partial charge is 0.276 e. The number of aryl methyl sites for hydroxylation is 1. The van der Waals surface area contributed by atoms with Crippen molar-refractivity contribution in [1.29, 1.82) is 0 Å². The number of hydrogen-bond donors (Lipinski definition) is 0. The fraction of sp³-hybridized carbons (Fsp3) is 0.0526. The average molecular weight is 365 g/mol. The third-order valence-corrected chi connectivity index (χ3v) is 4.52. The van der Waals surface area contributed by atoms with Crippen molar-refractivity contribution in [2.24, 2.45) is 0 Å². The summed E-state index contributed by atoms with van der Waals surface area (Å²) in [6, 6.07) is 15.4. The molecule has 1 heterocycles. The predicted octanol–water partition coefficient (Wildman–Crippen LogP) is 4.74. The second kappa shape index (κ2) is 7.71. The zero-order chi connectivity index (χ0) is 18.5. The second-order valence-corrected chi connectivity index (χ2v) is 6.27. The summed E-state index contributed by atoms with van der Waals surface area (Å²) in [5, 5.41) is 13.5.